The second kappa shape index (κ2) is 6.19. The zero-order valence-electron chi connectivity index (χ0n) is 8.84. The van der Waals surface area contributed by atoms with E-state index in [2.05, 4.69) is 6.92 Å². The molecule has 0 fully saturated rings. The van der Waals surface area contributed by atoms with E-state index in [9.17, 15) is 8.42 Å². The molecular weight excluding hydrogens is 184 g/mol. The molecule has 0 rings (SSSR count). The molecule has 0 radical (unpaired) electrons. The Labute approximate surface area is 82.0 Å². The highest BCUT2D eigenvalue weighted by atomic mass is 32.2. The molecule has 0 aliphatic rings. The Morgan fingerprint density at radius 2 is 1.85 bits per heavy atom. The molecular formula is C10H20O2S. The zero-order valence-corrected chi connectivity index (χ0v) is 9.65. The number of hydrogen-bond acceptors (Lipinski definition) is 2. The lowest BCUT2D eigenvalue weighted by molar-refractivity contribution is 0.593. The number of unbranched alkanes of at least 4 members (excludes halogenated alkanes) is 2. The van der Waals surface area contributed by atoms with Crippen molar-refractivity contribution < 1.29 is 8.42 Å². The summed E-state index contributed by atoms with van der Waals surface area (Å²) < 4.78 is 22.7. The number of rotatable bonds is 6. The summed E-state index contributed by atoms with van der Waals surface area (Å²) in [7, 11) is -2.83. The first-order valence-corrected chi connectivity index (χ1v) is 6.64. The summed E-state index contributed by atoms with van der Waals surface area (Å²) in [5.41, 5.74) is 1.07. The molecule has 0 aliphatic heterocycles. The molecule has 0 aromatic heterocycles. The topological polar surface area (TPSA) is 34.1 Å². The van der Waals surface area contributed by atoms with Crippen LogP contribution in [0.5, 0.6) is 0 Å². The van der Waals surface area contributed by atoms with E-state index in [-0.39, 0.29) is 5.75 Å². The van der Waals surface area contributed by atoms with Crippen molar-refractivity contribution in [1.82, 2.24) is 0 Å². The van der Waals surface area contributed by atoms with Crippen LogP contribution < -0.4 is 0 Å². The van der Waals surface area contributed by atoms with Crippen LogP contribution in [0.25, 0.3) is 0 Å². The fourth-order valence-electron chi connectivity index (χ4n) is 0.949. The molecule has 0 spiro atoms. The minimum Gasteiger partial charge on any atom is -0.229 e. The molecule has 0 saturated heterocycles. The third-order valence-electron chi connectivity index (χ3n) is 1.80. The van der Waals surface area contributed by atoms with Crippen LogP contribution in [0.15, 0.2) is 11.6 Å². The molecule has 0 aliphatic carbocycles. The van der Waals surface area contributed by atoms with Crippen molar-refractivity contribution in [3.63, 3.8) is 0 Å². The third-order valence-corrected chi connectivity index (χ3v) is 3.39. The van der Waals surface area contributed by atoms with Crippen LogP contribution in [0, 0.1) is 0 Å². The molecule has 2 nitrogen and oxygen atoms in total. The molecule has 0 N–H and O–H groups in total. The monoisotopic (exact) mass is 204 g/mol. The van der Waals surface area contributed by atoms with Gasteiger partial charge >= 0.3 is 0 Å². The first-order valence-electron chi connectivity index (χ1n) is 4.81. The fraction of sp³-hybridized carbons (Fsp3) is 0.800. The third kappa shape index (κ3) is 8.03. The molecule has 0 saturated carbocycles. The van der Waals surface area contributed by atoms with E-state index in [1.165, 1.54) is 0 Å². The summed E-state index contributed by atoms with van der Waals surface area (Å²) in [5.74, 6) is 0.545. The van der Waals surface area contributed by atoms with Crippen LogP contribution in [-0.2, 0) is 9.84 Å². The van der Waals surface area contributed by atoms with Crippen molar-refractivity contribution in [2.24, 2.45) is 0 Å². The van der Waals surface area contributed by atoms with E-state index in [0.717, 1.165) is 24.8 Å². The van der Waals surface area contributed by atoms with Crippen molar-refractivity contribution in [2.45, 2.75) is 40.0 Å². The summed E-state index contributed by atoms with van der Waals surface area (Å²) in [6.07, 6.45) is 4.66. The number of sulfone groups is 1. The summed E-state index contributed by atoms with van der Waals surface area (Å²) in [6.45, 7) is 5.91. The van der Waals surface area contributed by atoms with Crippen LogP contribution in [0.3, 0.4) is 0 Å². The van der Waals surface area contributed by atoms with Crippen LogP contribution in [-0.4, -0.2) is 19.9 Å². The van der Waals surface area contributed by atoms with Crippen LogP contribution in [0.4, 0.5) is 0 Å². The maximum absolute atomic E-state index is 11.4. The van der Waals surface area contributed by atoms with Crippen molar-refractivity contribution in [1.29, 1.82) is 0 Å². The van der Waals surface area contributed by atoms with Gasteiger partial charge in [-0.15, -0.1) is 0 Å². The molecule has 0 amide bonds. The average molecular weight is 204 g/mol. The van der Waals surface area contributed by atoms with E-state index >= 15 is 0 Å². The molecule has 3 heteroatoms. The van der Waals surface area contributed by atoms with Gasteiger partial charge in [0.15, 0.2) is 9.84 Å². The molecule has 0 unspecified atom stereocenters. The van der Waals surface area contributed by atoms with Gasteiger partial charge in [-0.2, -0.15) is 0 Å². The summed E-state index contributed by atoms with van der Waals surface area (Å²) in [6, 6.07) is 0. The van der Waals surface area contributed by atoms with Gasteiger partial charge < -0.3 is 0 Å². The largest absolute Gasteiger partial charge is 0.229 e. The fourth-order valence-corrected chi connectivity index (χ4v) is 2.35. The highest BCUT2D eigenvalue weighted by molar-refractivity contribution is 7.91. The quantitative estimate of drug-likeness (QED) is 0.492. The van der Waals surface area contributed by atoms with E-state index < -0.39 is 9.84 Å². The Morgan fingerprint density at radius 3 is 2.31 bits per heavy atom. The molecule has 78 valence electrons. The molecule has 13 heavy (non-hydrogen) atoms. The van der Waals surface area contributed by atoms with E-state index in [4.69, 9.17) is 0 Å². The highest BCUT2D eigenvalue weighted by Crippen LogP contribution is 2.01. The van der Waals surface area contributed by atoms with Crippen LogP contribution >= 0.6 is 0 Å². The Balaban J connectivity index is 3.89. The lowest BCUT2D eigenvalue weighted by Gasteiger charge is -2.00. The van der Waals surface area contributed by atoms with Crippen molar-refractivity contribution >= 4 is 9.84 Å². The molecule has 0 aromatic carbocycles. The highest BCUT2D eigenvalue weighted by Gasteiger charge is 2.07. The SMILES string of the molecule is CCCCCS(=O)(=O)CC=C(C)C. The van der Waals surface area contributed by atoms with E-state index in [0.29, 0.717) is 5.75 Å². The first kappa shape index (κ1) is 12.7. The van der Waals surface area contributed by atoms with Crippen LogP contribution in [0.2, 0.25) is 0 Å². The maximum atomic E-state index is 11.4. The van der Waals surface area contributed by atoms with Crippen molar-refractivity contribution in [3.8, 4) is 0 Å². The van der Waals surface area contributed by atoms with Gasteiger partial charge in [0.25, 0.3) is 0 Å². The van der Waals surface area contributed by atoms with Gasteiger partial charge in [0, 0.05) is 0 Å². The zero-order chi connectivity index (χ0) is 10.3. The van der Waals surface area contributed by atoms with Crippen molar-refractivity contribution in [2.75, 3.05) is 11.5 Å². The second-order valence-electron chi connectivity index (χ2n) is 3.60. The summed E-state index contributed by atoms with van der Waals surface area (Å²) in [5, 5.41) is 0. The summed E-state index contributed by atoms with van der Waals surface area (Å²) >= 11 is 0. The normalized spacial score (nSPS) is 11.3. The van der Waals surface area contributed by atoms with Crippen molar-refractivity contribution in [3.05, 3.63) is 11.6 Å². The van der Waals surface area contributed by atoms with Gasteiger partial charge in [0.1, 0.15) is 0 Å². The second-order valence-corrected chi connectivity index (χ2v) is 5.83. The van der Waals surface area contributed by atoms with Gasteiger partial charge in [-0.3, -0.25) is 0 Å². The van der Waals surface area contributed by atoms with E-state index in [1.807, 2.05) is 13.8 Å². The molecule has 0 bridgehead atoms. The smallest absolute Gasteiger partial charge is 0.153 e. The Bertz CT molecular complexity index is 246. The number of allylic oxidation sites excluding steroid dienone is 1. The Morgan fingerprint density at radius 1 is 1.23 bits per heavy atom. The van der Waals surface area contributed by atoms with Gasteiger partial charge in [-0.05, 0) is 20.3 Å². The van der Waals surface area contributed by atoms with Gasteiger partial charge in [0.05, 0.1) is 11.5 Å². The van der Waals surface area contributed by atoms with Crippen LogP contribution in [0.1, 0.15) is 40.0 Å². The first-order chi connectivity index (χ1) is 5.98. The Hall–Kier alpha value is -0.310. The molecule has 0 heterocycles. The lowest BCUT2D eigenvalue weighted by atomic mass is 10.3. The minimum atomic E-state index is -2.83. The summed E-state index contributed by atoms with van der Waals surface area (Å²) in [4.78, 5) is 0. The van der Waals surface area contributed by atoms with Gasteiger partial charge in [-0.25, -0.2) is 8.42 Å². The predicted molar refractivity (Wildman–Crippen MR) is 57.6 cm³/mol. The minimum absolute atomic E-state index is 0.207. The Kier molecular flexibility index (Phi) is 6.04. The lowest BCUT2D eigenvalue weighted by Crippen LogP contribution is -2.09. The van der Waals surface area contributed by atoms with E-state index in [1.54, 1.807) is 6.08 Å². The maximum Gasteiger partial charge on any atom is 0.153 e. The van der Waals surface area contributed by atoms with Gasteiger partial charge in [-0.1, -0.05) is 31.4 Å². The average Bonchev–Trinajstić information content (AvgIpc) is 2.02. The van der Waals surface area contributed by atoms with Gasteiger partial charge in [0.2, 0.25) is 0 Å². The number of hydrogen-bond donors (Lipinski definition) is 0. The molecule has 0 atom stereocenters. The molecule has 0 aromatic rings. The predicted octanol–water partition coefficient (Wildman–Crippen LogP) is 2.56. The standard InChI is InChI=1S/C10H20O2S/c1-4-5-6-8-13(11,12)9-7-10(2)3/h7H,4-6,8-9H2,1-3H3.